The Morgan fingerprint density at radius 3 is 2.52 bits per heavy atom. The summed E-state index contributed by atoms with van der Waals surface area (Å²) in [5.41, 5.74) is 2.55. The van der Waals surface area contributed by atoms with Crippen molar-refractivity contribution in [2.45, 2.75) is 51.0 Å². The first-order valence-corrected chi connectivity index (χ1v) is 9.80. The van der Waals surface area contributed by atoms with Crippen LogP contribution in [0.2, 0.25) is 0 Å². The van der Waals surface area contributed by atoms with E-state index in [0.29, 0.717) is 29.8 Å². The summed E-state index contributed by atoms with van der Waals surface area (Å²) >= 11 is 0. The lowest BCUT2D eigenvalue weighted by Crippen LogP contribution is -2.40. The van der Waals surface area contributed by atoms with Gasteiger partial charge in [-0.05, 0) is 35.9 Å². The van der Waals surface area contributed by atoms with Gasteiger partial charge in [0.05, 0.1) is 11.8 Å². The molecule has 0 radical (unpaired) electrons. The zero-order valence-electron chi connectivity index (χ0n) is 15.5. The quantitative estimate of drug-likeness (QED) is 0.832. The Morgan fingerprint density at radius 1 is 1.11 bits per heavy atom. The molecule has 1 N–H and O–H groups in total. The first-order chi connectivity index (χ1) is 12.7. The number of ketones is 1. The Morgan fingerprint density at radius 2 is 1.85 bits per heavy atom. The van der Waals surface area contributed by atoms with E-state index in [1.807, 2.05) is 24.3 Å². The molecule has 1 amide bonds. The molecule has 4 rings (SSSR count). The average molecular weight is 391 g/mol. The van der Waals surface area contributed by atoms with Crippen LogP contribution in [0.15, 0.2) is 29.3 Å². The number of nitrogens with zero attached hydrogens (tertiary/aromatic N) is 1. The van der Waals surface area contributed by atoms with Crippen LogP contribution in [-0.2, 0) is 16.0 Å². The first-order valence-electron chi connectivity index (χ1n) is 9.80. The second-order valence-electron chi connectivity index (χ2n) is 7.74. The third-order valence-corrected chi connectivity index (χ3v) is 6.10. The maximum Gasteiger partial charge on any atom is 0.434 e. The molecule has 2 atom stereocenters. The molecule has 27 heavy (non-hydrogen) atoms. The van der Waals surface area contributed by atoms with Gasteiger partial charge >= 0.3 is 6.09 Å². The minimum atomic E-state index is -0.527. The van der Waals surface area contributed by atoms with Crippen LogP contribution in [-0.4, -0.2) is 36.8 Å². The molecule has 1 saturated carbocycles. The second kappa shape index (κ2) is 8.98. The number of hydrogen-bond donors (Lipinski definition) is 1. The molecule has 1 aromatic rings. The average Bonchev–Trinajstić information content (AvgIpc) is 3.32. The number of carbonyl (C=O) groups excluding carboxylic acids is 2. The maximum absolute atomic E-state index is 12.9. The molecule has 0 bridgehead atoms. The molecule has 1 aliphatic carbocycles. The van der Waals surface area contributed by atoms with Gasteiger partial charge in [-0.2, -0.15) is 4.99 Å². The van der Waals surface area contributed by atoms with E-state index in [4.69, 9.17) is 4.74 Å². The highest BCUT2D eigenvalue weighted by Crippen LogP contribution is 2.36. The minimum absolute atomic E-state index is 0. The lowest BCUT2D eigenvalue weighted by Gasteiger charge is -2.30. The van der Waals surface area contributed by atoms with Crippen molar-refractivity contribution in [3.05, 3.63) is 35.4 Å². The van der Waals surface area contributed by atoms with Gasteiger partial charge in [-0.1, -0.05) is 56.4 Å². The predicted molar refractivity (Wildman–Crippen MR) is 107 cm³/mol. The number of aliphatic imine (C=N–C) groups is 1. The maximum atomic E-state index is 12.9. The van der Waals surface area contributed by atoms with Gasteiger partial charge in [0.2, 0.25) is 0 Å². The van der Waals surface area contributed by atoms with Gasteiger partial charge in [0.1, 0.15) is 6.61 Å². The molecule has 1 aromatic carbocycles. The van der Waals surface area contributed by atoms with Crippen LogP contribution in [0.25, 0.3) is 0 Å². The molecule has 0 spiro atoms. The molecule has 5 nitrogen and oxygen atoms in total. The molecule has 1 saturated heterocycles. The molecule has 2 aliphatic heterocycles. The number of hydrogen-bond acceptors (Lipinski definition) is 4. The molecule has 0 aromatic heterocycles. The van der Waals surface area contributed by atoms with E-state index in [2.05, 4.69) is 10.3 Å². The summed E-state index contributed by atoms with van der Waals surface area (Å²) in [6.45, 7) is 1.19. The summed E-state index contributed by atoms with van der Waals surface area (Å²) in [6.07, 6.45) is 7.63. The van der Waals surface area contributed by atoms with Crippen LogP contribution in [0.5, 0.6) is 0 Å². The van der Waals surface area contributed by atoms with E-state index >= 15 is 0 Å². The third kappa shape index (κ3) is 4.58. The fraction of sp³-hybridized carbons (Fsp3) is 0.571. The van der Waals surface area contributed by atoms with Crippen LogP contribution in [0, 0.1) is 11.8 Å². The van der Waals surface area contributed by atoms with Crippen molar-refractivity contribution in [3.63, 3.8) is 0 Å². The third-order valence-electron chi connectivity index (χ3n) is 6.10. The van der Waals surface area contributed by atoms with Crippen LogP contribution in [0.3, 0.4) is 0 Å². The fourth-order valence-electron chi connectivity index (χ4n) is 4.73. The molecule has 6 heteroatoms. The number of cyclic esters (lactones) is 1. The van der Waals surface area contributed by atoms with Gasteiger partial charge in [-0.25, -0.2) is 4.79 Å². The van der Waals surface area contributed by atoms with Gasteiger partial charge in [0, 0.05) is 6.42 Å². The largest absolute Gasteiger partial charge is 0.441 e. The Hall–Kier alpha value is -1.72. The summed E-state index contributed by atoms with van der Waals surface area (Å²) in [6, 6.07) is 7.78. The zero-order valence-corrected chi connectivity index (χ0v) is 16.3. The van der Waals surface area contributed by atoms with Gasteiger partial charge in [-0.15, -0.1) is 12.4 Å². The normalized spacial score (nSPS) is 25.6. The smallest absolute Gasteiger partial charge is 0.434 e. The number of amides is 1. The predicted octanol–water partition coefficient (Wildman–Crippen LogP) is 3.72. The fourth-order valence-corrected chi connectivity index (χ4v) is 4.73. The lowest BCUT2D eigenvalue weighted by molar-refractivity contribution is -0.121. The topological polar surface area (TPSA) is 67.8 Å². The number of benzene rings is 1. The lowest BCUT2D eigenvalue weighted by atomic mass is 9.75. The van der Waals surface area contributed by atoms with E-state index in [9.17, 15) is 9.59 Å². The van der Waals surface area contributed by atoms with E-state index in [1.165, 1.54) is 32.1 Å². The standard InChI is InChI=1S/C21H26N2O3.ClH/c24-19(20-17(10-11-22-20)15-4-2-1-3-5-15)12-14-6-8-16(9-7-14)18-13-26-21(25)23-18;/h6-9,15,17,20,22H,1-5,10-13H2;1H/t17-,20-;/m0./s1. The van der Waals surface area contributed by atoms with Gasteiger partial charge in [0.15, 0.2) is 5.78 Å². The Balaban J connectivity index is 0.00000210. The van der Waals surface area contributed by atoms with Gasteiger partial charge in [0.25, 0.3) is 0 Å². The van der Waals surface area contributed by atoms with Crippen LogP contribution < -0.4 is 5.32 Å². The number of carbonyl (C=O) groups is 2. The summed E-state index contributed by atoms with van der Waals surface area (Å²) < 4.78 is 4.85. The van der Waals surface area contributed by atoms with Gasteiger partial charge in [-0.3, -0.25) is 4.79 Å². The molecule has 3 aliphatic rings. The van der Waals surface area contributed by atoms with Crippen molar-refractivity contribution in [1.82, 2.24) is 5.32 Å². The van der Waals surface area contributed by atoms with Crippen molar-refractivity contribution in [2.24, 2.45) is 16.8 Å². The van der Waals surface area contributed by atoms with Crippen LogP contribution in [0.1, 0.15) is 49.7 Å². The molecule has 2 heterocycles. The highest BCUT2D eigenvalue weighted by atomic mass is 35.5. The van der Waals surface area contributed by atoms with Crippen molar-refractivity contribution in [1.29, 1.82) is 0 Å². The minimum Gasteiger partial charge on any atom is -0.441 e. The molecule has 0 unspecified atom stereocenters. The first kappa shape index (κ1) is 20.0. The summed E-state index contributed by atoms with van der Waals surface area (Å²) in [7, 11) is 0. The van der Waals surface area contributed by atoms with Crippen LogP contribution >= 0.6 is 12.4 Å². The van der Waals surface area contributed by atoms with Crippen molar-refractivity contribution >= 4 is 30.0 Å². The van der Waals surface area contributed by atoms with Crippen molar-refractivity contribution in [2.75, 3.05) is 13.2 Å². The molecular formula is C21H27ClN2O3. The monoisotopic (exact) mass is 390 g/mol. The number of nitrogens with one attached hydrogen (secondary N) is 1. The number of halogens is 1. The highest BCUT2D eigenvalue weighted by Gasteiger charge is 2.37. The van der Waals surface area contributed by atoms with Crippen molar-refractivity contribution < 1.29 is 14.3 Å². The van der Waals surface area contributed by atoms with E-state index in [1.54, 1.807) is 0 Å². The SMILES string of the molecule is Cl.O=C1N=C(c2ccc(CC(=O)[C@H]3NCC[C@H]3C3CCCCC3)cc2)CO1. The van der Waals surface area contributed by atoms with E-state index < -0.39 is 6.09 Å². The molecule has 2 fully saturated rings. The Labute approximate surface area is 166 Å². The zero-order chi connectivity index (χ0) is 17.9. The van der Waals surface area contributed by atoms with Gasteiger partial charge < -0.3 is 10.1 Å². The van der Waals surface area contributed by atoms with Crippen molar-refractivity contribution in [3.8, 4) is 0 Å². The number of ether oxygens (including phenoxy) is 1. The van der Waals surface area contributed by atoms with E-state index in [0.717, 1.165) is 24.1 Å². The van der Waals surface area contributed by atoms with E-state index in [-0.39, 0.29) is 25.1 Å². The van der Waals surface area contributed by atoms with Crippen LogP contribution in [0.4, 0.5) is 4.79 Å². The second-order valence-corrected chi connectivity index (χ2v) is 7.74. The number of rotatable bonds is 5. The Bertz CT molecular complexity index is 711. The molecule has 146 valence electrons. The summed E-state index contributed by atoms with van der Waals surface area (Å²) in [4.78, 5) is 27.8. The molecular weight excluding hydrogens is 364 g/mol. The summed E-state index contributed by atoms with van der Waals surface area (Å²) in [5.74, 6) is 1.54. The highest BCUT2D eigenvalue weighted by molar-refractivity contribution is 6.09. The summed E-state index contributed by atoms with van der Waals surface area (Å²) in [5, 5.41) is 3.46. The number of Topliss-reactive ketones (excluding diaryl/α,β-unsaturated/α-hetero) is 1. The Kier molecular flexibility index (Phi) is 6.66.